The number of benzene rings is 2. The minimum Gasteiger partial charge on any atom is -0.347 e. The number of carbonyl (C=O) groups excluding carboxylic acids is 1. The number of hydrogen-bond acceptors (Lipinski definition) is 4. The average molecular weight is 366 g/mol. The van der Waals surface area contributed by atoms with Crippen molar-refractivity contribution in [3.63, 3.8) is 0 Å². The van der Waals surface area contributed by atoms with E-state index in [1.807, 2.05) is 29.7 Å². The molecule has 0 saturated carbocycles. The number of carbonyl (C=O) groups is 1. The van der Waals surface area contributed by atoms with Crippen LogP contribution in [-0.2, 0) is 10.5 Å². The maximum Gasteiger partial charge on any atom is 0.217 e. The third-order valence-corrected chi connectivity index (χ3v) is 4.97. The number of nitrogens with one attached hydrogen (secondary N) is 1. The Kier molecular flexibility index (Phi) is 5.73. The van der Waals surface area contributed by atoms with Gasteiger partial charge in [-0.05, 0) is 31.5 Å². The molecule has 0 spiro atoms. The van der Waals surface area contributed by atoms with Gasteiger partial charge in [0.15, 0.2) is 11.0 Å². The lowest BCUT2D eigenvalue weighted by Gasteiger charge is -2.15. The first-order valence-corrected chi connectivity index (χ1v) is 9.49. The minimum atomic E-state index is -0.229. The van der Waals surface area contributed by atoms with Crippen LogP contribution in [0, 0.1) is 6.92 Å². The number of nitrogens with zero attached hydrogens (tertiary/aromatic N) is 3. The Balaban J connectivity index is 1.94. The largest absolute Gasteiger partial charge is 0.347 e. The van der Waals surface area contributed by atoms with E-state index in [0.717, 1.165) is 22.4 Å². The molecule has 1 amide bonds. The van der Waals surface area contributed by atoms with Crippen LogP contribution in [0.15, 0.2) is 59.8 Å². The molecule has 1 N–H and O–H groups in total. The summed E-state index contributed by atoms with van der Waals surface area (Å²) in [6.07, 6.45) is 0. The lowest BCUT2D eigenvalue weighted by Crippen LogP contribution is -2.26. The highest BCUT2D eigenvalue weighted by Crippen LogP contribution is 2.27. The summed E-state index contributed by atoms with van der Waals surface area (Å²) in [5.74, 6) is 1.44. The van der Waals surface area contributed by atoms with Crippen LogP contribution in [-0.4, -0.2) is 20.7 Å². The maximum absolute atomic E-state index is 11.5. The molecule has 134 valence electrons. The van der Waals surface area contributed by atoms with Crippen LogP contribution in [0.2, 0.25) is 0 Å². The van der Waals surface area contributed by atoms with Crippen molar-refractivity contribution in [3.8, 4) is 5.69 Å². The molecule has 1 atom stereocenters. The van der Waals surface area contributed by atoms with E-state index in [1.54, 1.807) is 11.8 Å². The fourth-order valence-corrected chi connectivity index (χ4v) is 3.60. The van der Waals surface area contributed by atoms with Gasteiger partial charge in [-0.2, -0.15) is 0 Å². The molecule has 1 aromatic heterocycles. The van der Waals surface area contributed by atoms with Crippen molar-refractivity contribution in [3.05, 3.63) is 71.5 Å². The number of hydrogen-bond donors (Lipinski definition) is 1. The van der Waals surface area contributed by atoms with Gasteiger partial charge in [0, 0.05) is 18.4 Å². The highest BCUT2D eigenvalue weighted by Gasteiger charge is 2.20. The van der Waals surface area contributed by atoms with Crippen molar-refractivity contribution >= 4 is 17.7 Å². The molecule has 0 aliphatic heterocycles. The summed E-state index contributed by atoms with van der Waals surface area (Å²) in [5, 5.41) is 12.4. The van der Waals surface area contributed by atoms with E-state index in [1.165, 1.54) is 18.1 Å². The number of aromatic nitrogens is 3. The van der Waals surface area contributed by atoms with Gasteiger partial charge in [0.2, 0.25) is 5.91 Å². The zero-order chi connectivity index (χ0) is 18.5. The van der Waals surface area contributed by atoms with Crippen LogP contribution >= 0.6 is 11.8 Å². The van der Waals surface area contributed by atoms with Gasteiger partial charge in [-0.1, -0.05) is 59.8 Å². The first-order valence-electron chi connectivity index (χ1n) is 8.51. The second-order valence-corrected chi connectivity index (χ2v) is 7.15. The fourth-order valence-electron chi connectivity index (χ4n) is 2.68. The van der Waals surface area contributed by atoms with Gasteiger partial charge in [0.1, 0.15) is 0 Å². The van der Waals surface area contributed by atoms with E-state index in [4.69, 9.17) is 0 Å². The molecule has 3 rings (SSSR count). The van der Waals surface area contributed by atoms with E-state index < -0.39 is 0 Å². The van der Waals surface area contributed by atoms with E-state index in [-0.39, 0.29) is 11.9 Å². The van der Waals surface area contributed by atoms with Gasteiger partial charge in [-0.25, -0.2) is 0 Å². The van der Waals surface area contributed by atoms with Crippen molar-refractivity contribution < 1.29 is 4.79 Å². The summed E-state index contributed by atoms with van der Waals surface area (Å²) < 4.78 is 2.02. The first-order chi connectivity index (χ1) is 12.5. The molecule has 0 aliphatic carbocycles. The van der Waals surface area contributed by atoms with Gasteiger partial charge in [-0.15, -0.1) is 10.2 Å². The zero-order valence-electron chi connectivity index (χ0n) is 15.1. The predicted octanol–water partition coefficient (Wildman–Crippen LogP) is 4.07. The molecule has 5 nitrogen and oxygen atoms in total. The Labute approximate surface area is 157 Å². The van der Waals surface area contributed by atoms with Gasteiger partial charge in [0.05, 0.1) is 6.04 Å². The third-order valence-electron chi connectivity index (χ3n) is 3.97. The minimum absolute atomic E-state index is 0.0885. The number of thioether (sulfide) groups is 1. The fraction of sp³-hybridized carbons (Fsp3) is 0.250. The molecule has 1 heterocycles. The average Bonchev–Trinajstić information content (AvgIpc) is 3.05. The van der Waals surface area contributed by atoms with Crippen LogP contribution < -0.4 is 5.32 Å². The summed E-state index contributed by atoms with van der Waals surface area (Å²) in [7, 11) is 0. The van der Waals surface area contributed by atoms with Crippen LogP contribution in [0.5, 0.6) is 0 Å². The quantitative estimate of drug-likeness (QED) is 0.668. The Bertz CT molecular complexity index is 875. The molecule has 0 saturated heterocycles. The molecule has 0 bridgehead atoms. The van der Waals surface area contributed by atoms with Crippen LogP contribution in [0.3, 0.4) is 0 Å². The van der Waals surface area contributed by atoms with Crippen molar-refractivity contribution in [1.29, 1.82) is 0 Å². The normalized spacial score (nSPS) is 12.0. The van der Waals surface area contributed by atoms with E-state index in [2.05, 4.69) is 58.8 Å². The SMILES string of the molecule is CC(=O)NC(C)c1nnc(SCc2ccccc2)n1-c1ccc(C)cc1. The van der Waals surface area contributed by atoms with Crippen LogP contribution in [0.1, 0.15) is 36.8 Å². The topological polar surface area (TPSA) is 59.8 Å². The summed E-state index contributed by atoms with van der Waals surface area (Å²) in [4.78, 5) is 11.5. The van der Waals surface area contributed by atoms with Gasteiger partial charge in [0.25, 0.3) is 0 Å². The van der Waals surface area contributed by atoms with E-state index in [9.17, 15) is 4.79 Å². The van der Waals surface area contributed by atoms with E-state index >= 15 is 0 Å². The van der Waals surface area contributed by atoms with Gasteiger partial charge in [-0.3, -0.25) is 9.36 Å². The summed E-state index contributed by atoms with van der Waals surface area (Å²) >= 11 is 1.63. The molecule has 0 radical (unpaired) electrons. The Hall–Kier alpha value is -2.60. The van der Waals surface area contributed by atoms with Crippen LogP contribution in [0.25, 0.3) is 5.69 Å². The monoisotopic (exact) mass is 366 g/mol. The highest BCUT2D eigenvalue weighted by atomic mass is 32.2. The number of amides is 1. The molecule has 6 heteroatoms. The first kappa shape index (κ1) is 18.2. The molecule has 2 aromatic carbocycles. The summed E-state index contributed by atoms with van der Waals surface area (Å²) in [6, 6.07) is 18.3. The Morgan fingerprint density at radius 1 is 1.12 bits per heavy atom. The molecule has 26 heavy (non-hydrogen) atoms. The van der Waals surface area contributed by atoms with Crippen molar-refractivity contribution in [1.82, 2.24) is 20.1 Å². The van der Waals surface area contributed by atoms with Crippen LogP contribution in [0.4, 0.5) is 0 Å². The lowest BCUT2D eigenvalue weighted by molar-refractivity contribution is -0.119. The highest BCUT2D eigenvalue weighted by molar-refractivity contribution is 7.98. The van der Waals surface area contributed by atoms with Crippen molar-refractivity contribution in [2.75, 3.05) is 0 Å². The third kappa shape index (κ3) is 4.32. The molecule has 0 aliphatic rings. The zero-order valence-corrected chi connectivity index (χ0v) is 16.0. The van der Waals surface area contributed by atoms with Crippen molar-refractivity contribution in [2.24, 2.45) is 0 Å². The van der Waals surface area contributed by atoms with Gasteiger partial charge >= 0.3 is 0 Å². The smallest absolute Gasteiger partial charge is 0.217 e. The lowest BCUT2D eigenvalue weighted by atomic mass is 10.2. The maximum atomic E-state index is 11.5. The second kappa shape index (κ2) is 8.19. The van der Waals surface area contributed by atoms with Gasteiger partial charge < -0.3 is 5.32 Å². The standard InChI is InChI=1S/C20H22N4OS/c1-14-9-11-18(12-10-14)24-19(15(2)21-16(3)25)22-23-20(24)26-13-17-7-5-4-6-8-17/h4-12,15H,13H2,1-3H3,(H,21,25). The summed E-state index contributed by atoms with van der Waals surface area (Å²) in [5.41, 5.74) is 3.41. The second-order valence-electron chi connectivity index (χ2n) is 6.21. The molecule has 3 aromatic rings. The number of rotatable bonds is 6. The molecule has 0 fully saturated rings. The Morgan fingerprint density at radius 2 is 1.81 bits per heavy atom. The summed E-state index contributed by atoms with van der Waals surface area (Å²) in [6.45, 7) is 5.48. The van der Waals surface area contributed by atoms with E-state index in [0.29, 0.717) is 0 Å². The molecular weight excluding hydrogens is 344 g/mol. The Morgan fingerprint density at radius 3 is 2.46 bits per heavy atom. The number of aryl methyl sites for hydroxylation is 1. The predicted molar refractivity (Wildman–Crippen MR) is 104 cm³/mol. The molecular formula is C20H22N4OS. The van der Waals surface area contributed by atoms with Crippen molar-refractivity contribution in [2.45, 2.75) is 37.7 Å². The molecule has 1 unspecified atom stereocenters.